The molecule has 0 amide bonds. The van der Waals surface area contributed by atoms with Crippen molar-refractivity contribution in [2.45, 2.75) is 6.92 Å². The second kappa shape index (κ2) is 7.60. The smallest absolute Gasteiger partial charge is 0.332 e. The molecule has 9 heteroatoms. The summed E-state index contributed by atoms with van der Waals surface area (Å²) in [7, 11) is 0. The number of nitrogens with one attached hydrogen (secondary N) is 1. The maximum Gasteiger partial charge on any atom is 0.332 e. The van der Waals surface area contributed by atoms with Crippen molar-refractivity contribution in [3.63, 3.8) is 0 Å². The van der Waals surface area contributed by atoms with E-state index in [0.717, 1.165) is 10.6 Å². The van der Waals surface area contributed by atoms with Crippen LogP contribution in [0.2, 0.25) is 5.15 Å². The molecular formula is C14H10ClFN4O2Pr-2. The molecule has 0 fully saturated rings. The van der Waals surface area contributed by atoms with Crippen LogP contribution in [0.5, 0.6) is 0 Å². The van der Waals surface area contributed by atoms with Gasteiger partial charge in [0.05, 0.1) is 5.39 Å². The SMILES string of the molecule is Cc1ccn[c-]c1-n1c(=O)[nH]c(=O)c2cc(F)c(Cl)nc21.[CH3-].[Pr]. The van der Waals surface area contributed by atoms with Gasteiger partial charge in [-0.05, 0) is 11.8 Å². The molecule has 23 heavy (non-hydrogen) atoms. The number of aromatic amines is 1. The van der Waals surface area contributed by atoms with E-state index in [0.29, 0.717) is 11.3 Å². The molecule has 0 atom stereocenters. The summed E-state index contributed by atoms with van der Waals surface area (Å²) in [5.74, 6) is -0.841. The van der Waals surface area contributed by atoms with Crippen molar-refractivity contribution in [2.75, 3.05) is 0 Å². The number of halogens is 2. The Balaban J connectivity index is 0.00000132. The number of rotatable bonds is 1. The Hall–Kier alpha value is -1.18. The van der Waals surface area contributed by atoms with Crippen LogP contribution in [-0.4, -0.2) is 19.5 Å². The van der Waals surface area contributed by atoms with Crippen LogP contribution in [0.15, 0.2) is 27.9 Å². The van der Waals surface area contributed by atoms with E-state index in [1.807, 2.05) is 0 Å². The standard InChI is InChI=1S/C13H7ClFN4O2.CH3.Pr/c1-6-2-3-16-5-9(6)19-11-7(12(20)18-13(19)21)4-8(15)10(14)17-11;;/h2-4H,1H3,(H,18,20,21);1H3;/q2*-1;. The van der Waals surface area contributed by atoms with Crippen molar-refractivity contribution in [1.82, 2.24) is 19.5 Å². The van der Waals surface area contributed by atoms with Crippen LogP contribution in [0, 0.1) is 67.7 Å². The van der Waals surface area contributed by atoms with Crippen LogP contribution in [-0.2, 0) is 0 Å². The first-order valence-electron chi connectivity index (χ1n) is 5.84. The minimum atomic E-state index is -0.841. The molecule has 3 rings (SSSR count). The number of hydrogen-bond donors (Lipinski definition) is 1. The topological polar surface area (TPSA) is 80.6 Å². The first-order chi connectivity index (χ1) is 9.99. The fourth-order valence-corrected chi connectivity index (χ4v) is 2.09. The van der Waals surface area contributed by atoms with Gasteiger partial charge in [-0.2, -0.15) is 6.07 Å². The van der Waals surface area contributed by atoms with E-state index in [1.54, 1.807) is 13.0 Å². The van der Waals surface area contributed by atoms with Crippen LogP contribution >= 0.6 is 11.6 Å². The molecule has 0 spiro atoms. The molecule has 1 radical (unpaired) electrons. The monoisotopic (exact) mass is 461 g/mol. The molecule has 0 saturated carbocycles. The average molecular weight is 462 g/mol. The molecule has 0 aliphatic carbocycles. The molecule has 3 aromatic rings. The average Bonchev–Trinajstić information content (AvgIpc) is 2.43. The summed E-state index contributed by atoms with van der Waals surface area (Å²) in [4.78, 5) is 33.6. The molecule has 0 aliphatic heterocycles. The Morgan fingerprint density at radius 2 is 2.09 bits per heavy atom. The second-order valence-corrected chi connectivity index (χ2v) is 4.67. The van der Waals surface area contributed by atoms with Gasteiger partial charge in [-0.25, -0.2) is 14.2 Å². The van der Waals surface area contributed by atoms with Gasteiger partial charge < -0.3 is 12.4 Å². The summed E-state index contributed by atoms with van der Waals surface area (Å²) in [6.07, 6.45) is 4.17. The number of hydrogen-bond acceptors (Lipinski definition) is 4. The third kappa shape index (κ3) is 3.51. The van der Waals surface area contributed by atoms with Crippen molar-refractivity contribution in [1.29, 1.82) is 0 Å². The number of nitrogens with zero attached hydrogens (tertiary/aromatic N) is 3. The van der Waals surface area contributed by atoms with Crippen molar-refractivity contribution < 1.29 is 45.7 Å². The second-order valence-electron chi connectivity index (χ2n) is 4.32. The Morgan fingerprint density at radius 3 is 2.74 bits per heavy atom. The zero-order valence-electron chi connectivity index (χ0n) is 12.2. The van der Waals surface area contributed by atoms with Crippen LogP contribution in [0.4, 0.5) is 4.39 Å². The fourth-order valence-electron chi connectivity index (χ4n) is 1.96. The third-order valence-electron chi connectivity index (χ3n) is 2.96. The number of aromatic nitrogens is 4. The maximum absolute atomic E-state index is 13.5. The van der Waals surface area contributed by atoms with E-state index >= 15 is 0 Å². The molecule has 0 bridgehead atoms. The summed E-state index contributed by atoms with van der Waals surface area (Å²) in [6, 6.07) is 2.60. The summed E-state index contributed by atoms with van der Waals surface area (Å²) in [6.45, 7) is 1.74. The normalized spacial score (nSPS) is 10.0. The largest absolute Gasteiger partial charge is 0.392 e. The van der Waals surface area contributed by atoms with Gasteiger partial charge in [-0.1, -0.05) is 30.9 Å². The molecule has 3 aromatic heterocycles. The molecule has 0 aromatic carbocycles. The van der Waals surface area contributed by atoms with Crippen LogP contribution in [0.1, 0.15) is 5.56 Å². The number of aryl methyl sites for hydroxylation is 1. The van der Waals surface area contributed by atoms with E-state index in [9.17, 15) is 14.0 Å². The summed E-state index contributed by atoms with van der Waals surface area (Å²) >= 11 is 5.65. The number of fused-ring (bicyclic) bond motifs is 1. The summed E-state index contributed by atoms with van der Waals surface area (Å²) in [5, 5.41) is -0.518. The van der Waals surface area contributed by atoms with Gasteiger partial charge in [0.25, 0.3) is 5.56 Å². The van der Waals surface area contributed by atoms with Gasteiger partial charge in [-0.15, -0.1) is 5.56 Å². The van der Waals surface area contributed by atoms with E-state index in [4.69, 9.17) is 11.6 Å². The van der Waals surface area contributed by atoms with Gasteiger partial charge in [-0.3, -0.25) is 14.3 Å². The van der Waals surface area contributed by atoms with Gasteiger partial charge >= 0.3 is 5.69 Å². The quantitative estimate of drug-likeness (QED) is 0.443. The minimum Gasteiger partial charge on any atom is -0.392 e. The molecule has 3 heterocycles. The zero-order valence-corrected chi connectivity index (χ0v) is 16.7. The predicted octanol–water partition coefficient (Wildman–Crippen LogP) is 1.82. The zero-order chi connectivity index (χ0) is 15.1. The fraction of sp³-hybridized carbons (Fsp3) is 0.0714. The van der Waals surface area contributed by atoms with Gasteiger partial charge in [0.15, 0.2) is 16.6 Å². The van der Waals surface area contributed by atoms with E-state index < -0.39 is 22.2 Å². The number of pyridine rings is 2. The summed E-state index contributed by atoms with van der Waals surface area (Å²) in [5.41, 5.74) is -0.532. The maximum atomic E-state index is 13.5. The van der Waals surface area contributed by atoms with Crippen molar-refractivity contribution >= 4 is 22.6 Å². The Labute approximate surface area is 168 Å². The van der Waals surface area contributed by atoms with Crippen molar-refractivity contribution in [3.05, 3.63) is 69.3 Å². The Bertz CT molecular complexity index is 987. The molecule has 0 aliphatic rings. The first kappa shape index (κ1) is 19.9. The van der Waals surface area contributed by atoms with Crippen molar-refractivity contribution in [3.8, 4) is 5.69 Å². The Kier molecular flexibility index (Phi) is 6.56. The van der Waals surface area contributed by atoms with Gasteiger partial charge in [0, 0.05) is 41.3 Å². The van der Waals surface area contributed by atoms with E-state index in [1.165, 1.54) is 6.20 Å². The van der Waals surface area contributed by atoms with Crippen LogP contribution in [0.3, 0.4) is 0 Å². The summed E-state index contributed by atoms with van der Waals surface area (Å²) < 4.78 is 14.6. The first-order valence-corrected chi connectivity index (χ1v) is 6.21. The molecule has 0 saturated heterocycles. The molecule has 6 nitrogen and oxygen atoms in total. The van der Waals surface area contributed by atoms with E-state index in [2.05, 4.69) is 21.1 Å². The minimum absolute atomic E-state index is 0. The molecule has 117 valence electrons. The van der Waals surface area contributed by atoms with Crippen molar-refractivity contribution in [2.24, 2.45) is 0 Å². The Morgan fingerprint density at radius 1 is 1.39 bits per heavy atom. The van der Waals surface area contributed by atoms with Gasteiger partial charge in [0.2, 0.25) is 0 Å². The van der Waals surface area contributed by atoms with Crippen LogP contribution < -0.4 is 11.2 Å². The number of H-pyrrole nitrogens is 1. The molecule has 0 unspecified atom stereocenters. The molecule has 1 N–H and O–H groups in total. The predicted molar refractivity (Wildman–Crippen MR) is 80.7 cm³/mol. The van der Waals surface area contributed by atoms with Crippen LogP contribution in [0.25, 0.3) is 16.7 Å². The molecular weight excluding hydrogens is 452 g/mol. The van der Waals surface area contributed by atoms with Gasteiger partial charge in [0.1, 0.15) is 0 Å². The third-order valence-corrected chi connectivity index (χ3v) is 3.22. The van der Waals surface area contributed by atoms with E-state index in [-0.39, 0.29) is 59.8 Å².